The molecule has 0 unspecified atom stereocenters. The molecule has 0 aromatic carbocycles. The van der Waals surface area contributed by atoms with Crippen molar-refractivity contribution in [3.63, 3.8) is 0 Å². The predicted molar refractivity (Wildman–Crippen MR) is 38.1 cm³/mol. The minimum Gasteiger partial charge on any atom is -0.761 e. The SMILES string of the molecule is COC(=O)N(C)C(=C=[N-])C=O. The van der Waals surface area contributed by atoms with E-state index in [2.05, 4.69) is 4.74 Å². The van der Waals surface area contributed by atoms with Crippen molar-refractivity contribution < 1.29 is 14.3 Å². The van der Waals surface area contributed by atoms with Gasteiger partial charge in [0.15, 0.2) is 6.29 Å². The fraction of sp³-hybridized carbons (Fsp3) is 0.333. The second kappa shape index (κ2) is 4.24. The van der Waals surface area contributed by atoms with Crippen LogP contribution in [0.2, 0.25) is 0 Å². The highest BCUT2D eigenvalue weighted by atomic mass is 16.5. The fourth-order valence-corrected chi connectivity index (χ4v) is 0.416. The first-order chi connectivity index (χ1) is 5.17. The van der Waals surface area contributed by atoms with Crippen LogP contribution in [0.25, 0.3) is 5.41 Å². The zero-order chi connectivity index (χ0) is 8.85. The molecule has 0 rings (SSSR count). The molecule has 0 saturated carbocycles. The van der Waals surface area contributed by atoms with Gasteiger partial charge in [-0.2, -0.15) is 0 Å². The Labute approximate surface area is 63.8 Å². The van der Waals surface area contributed by atoms with E-state index in [4.69, 9.17) is 5.41 Å². The fourth-order valence-electron chi connectivity index (χ4n) is 0.416. The van der Waals surface area contributed by atoms with Gasteiger partial charge in [0.1, 0.15) is 5.70 Å². The summed E-state index contributed by atoms with van der Waals surface area (Å²) in [5.74, 6) is 1.54. The highest BCUT2D eigenvalue weighted by Gasteiger charge is 2.10. The number of amides is 1. The van der Waals surface area contributed by atoms with Crippen molar-refractivity contribution >= 4 is 18.2 Å². The lowest BCUT2D eigenvalue weighted by Crippen LogP contribution is -2.26. The summed E-state index contributed by atoms with van der Waals surface area (Å²) >= 11 is 0. The minimum absolute atomic E-state index is 0.281. The zero-order valence-electron chi connectivity index (χ0n) is 6.20. The van der Waals surface area contributed by atoms with Crippen LogP contribution in [-0.4, -0.2) is 37.3 Å². The van der Waals surface area contributed by atoms with Gasteiger partial charge in [0.25, 0.3) is 0 Å². The summed E-state index contributed by atoms with van der Waals surface area (Å²) in [7, 11) is 2.44. The van der Waals surface area contributed by atoms with E-state index in [1.54, 1.807) is 5.87 Å². The molecule has 0 heterocycles. The standard InChI is InChI=1S/C6H7N2O3/c1-8(6(10)11-2)5(3-7)4-9/h4H,1-2H3/q-1. The first-order valence-corrected chi connectivity index (χ1v) is 2.71. The maximum atomic E-state index is 10.6. The average molecular weight is 155 g/mol. The van der Waals surface area contributed by atoms with E-state index in [0.717, 1.165) is 4.90 Å². The Morgan fingerprint density at radius 3 is 2.55 bits per heavy atom. The summed E-state index contributed by atoms with van der Waals surface area (Å²) in [6, 6.07) is 0. The molecule has 0 fully saturated rings. The van der Waals surface area contributed by atoms with Gasteiger partial charge in [0.2, 0.25) is 0 Å². The minimum atomic E-state index is -0.742. The van der Waals surface area contributed by atoms with Gasteiger partial charge in [-0.3, -0.25) is 9.69 Å². The number of methoxy groups -OCH3 is 1. The van der Waals surface area contributed by atoms with Crippen molar-refractivity contribution in [3.8, 4) is 0 Å². The van der Waals surface area contributed by atoms with E-state index >= 15 is 0 Å². The number of rotatable bonds is 2. The largest absolute Gasteiger partial charge is 0.761 e. The van der Waals surface area contributed by atoms with Gasteiger partial charge in [0, 0.05) is 7.05 Å². The summed E-state index contributed by atoms with van der Waals surface area (Å²) < 4.78 is 4.25. The summed E-state index contributed by atoms with van der Waals surface area (Å²) in [5, 5.41) is 8.27. The number of nitrogens with zero attached hydrogens (tertiary/aromatic N) is 2. The summed E-state index contributed by atoms with van der Waals surface area (Å²) in [4.78, 5) is 21.6. The molecule has 0 spiro atoms. The smallest absolute Gasteiger partial charge is 0.414 e. The monoisotopic (exact) mass is 155 g/mol. The van der Waals surface area contributed by atoms with Crippen LogP contribution in [-0.2, 0) is 9.53 Å². The molecule has 5 heteroatoms. The summed E-state index contributed by atoms with van der Waals surface area (Å²) in [5.41, 5.74) is -0.281. The Balaban J connectivity index is 4.46. The number of aldehydes is 1. The van der Waals surface area contributed by atoms with E-state index in [1.807, 2.05) is 0 Å². The van der Waals surface area contributed by atoms with Crippen LogP contribution < -0.4 is 0 Å². The molecule has 0 radical (unpaired) electrons. The van der Waals surface area contributed by atoms with Crippen LogP contribution in [0.3, 0.4) is 0 Å². The third kappa shape index (κ3) is 2.23. The van der Waals surface area contributed by atoms with E-state index in [-0.39, 0.29) is 12.0 Å². The quantitative estimate of drug-likeness (QED) is 0.320. The third-order valence-electron chi connectivity index (χ3n) is 1.04. The molecule has 0 aliphatic rings. The highest BCUT2D eigenvalue weighted by molar-refractivity contribution is 5.92. The summed E-state index contributed by atoms with van der Waals surface area (Å²) in [6.07, 6.45) is -0.453. The van der Waals surface area contributed by atoms with E-state index < -0.39 is 6.09 Å². The van der Waals surface area contributed by atoms with Gasteiger partial charge in [-0.05, 0) is 0 Å². The Kier molecular flexibility index (Phi) is 3.62. The Morgan fingerprint density at radius 2 is 2.27 bits per heavy atom. The van der Waals surface area contributed by atoms with Crippen molar-refractivity contribution in [1.29, 1.82) is 0 Å². The van der Waals surface area contributed by atoms with Crippen LogP contribution in [0.1, 0.15) is 0 Å². The molecule has 0 saturated heterocycles. The lowest BCUT2D eigenvalue weighted by atomic mass is 10.5. The van der Waals surface area contributed by atoms with E-state index in [1.165, 1.54) is 14.2 Å². The van der Waals surface area contributed by atoms with Crippen LogP contribution in [0.15, 0.2) is 5.70 Å². The lowest BCUT2D eigenvalue weighted by Gasteiger charge is -2.13. The number of ether oxygens (including phenoxy) is 1. The number of hydrogen-bond donors (Lipinski definition) is 0. The molecule has 0 aliphatic heterocycles. The van der Waals surface area contributed by atoms with Crippen molar-refractivity contribution in [2.45, 2.75) is 0 Å². The second-order valence-corrected chi connectivity index (χ2v) is 1.64. The molecule has 1 amide bonds. The maximum Gasteiger partial charge on any atom is 0.414 e. The van der Waals surface area contributed by atoms with Gasteiger partial charge in [0.05, 0.1) is 7.11 Å². The van der Waals surface area contributed by atoms with Gasteiger partial charge < -0.3 is 10.1 Å². The number of carbonyl (C=O) groups excluding carboxylic acids is 2. The van der Waals surface area contributed by atoms with Gasteiger partial charge in [-0.1, -0.05) is 0 Å². The molecule has 11 heavy (non-hydrogen) atoms. The van der Waals surface area contributed by atoms with Crippen molar-refractivity contribution in [1.82, 2.24) is 4.90 Å². The Morgan fingerprint density at radius 1 is 1.73 bits per heavy atom. The van der Waals surface area contributed by atoms with Crippen LogP contribution in [0.4, 0.5) is 4.79 Å². The lowest BCUT2D eigenvalue weighted by molar-refractivity contribution is -0.105. The third-order valence-corrected chi connectivity index (χ3v) is 1.04. The highest BCUT2D eigenvalue weighted by Crippen LogP contribution is 1.95. The molecular formula is C6H7N2O3-. The van der Waals surface area contributed by atoms with Crippen LogP contribution in [0.5, 0.6) is 0 Å². The molecular weight excluding hydrogens is 148 g/mol. The van der Waals surface area contributed by atoms with Crippen LogP contribution in [0, 0.1) is 0 Å². The number of allylic oxidation sites excluding steroid dienone is 1. The van der Waals surface area contributed by atoms with Crippen LogP contribution >= 0.6 is 0 Å². The number of hydrogen-bond acceptors (Lipinski definition) is 3. The molecule has 0 N–H and O–H groups in total. The molecule has 5 nitrogen and oxygen atoms in total. The van der Waals surface area contributed by atoms with Gasteiger partial charge in [-0.25, -0.2) is 10.7 Å². The second-order valence-electron chi connectivity index (χ2n) is 1.64. The van der Waals surface area contributed by atoms with Gasteiger partial charge in [-0.15, -0.1) is 0 Å². The van der Waals surface area contributed by atoms with E-state index in [0.29, 0.717) is 0 Å². The molecule has 0 aromatic rings. The number of likely N-dealkylation sites (N-methyl/N-ethyl adjacent to an activating group) is 1. The van der Waals surface area contributed by atoms with Crippen molar-refractivity contribution in [2.75, 3.05) is 14.2 Å². The molecule has 0 aliphatic carbocycles. The first-order valence-electron chi connectivity index (χ1n) is 2.71. The van der Waals surface area contributed by atoms with Crippen molar-refractivity contribution in [2.24, 2.45) is 0 Å². The normalized spacial score (nSPS) is 7.82. The van der Waals surface area contributed by atoms with Gasteiger partial charge >= 0.3 is 6.09 Å². The number of carbonyl (C=O) groups is 2. The summed E-state index contributed by atoms with van der Waals surface area (Å²) in [6.45, 7) is 0. The molecule has 60 valence electrons. The Hall–Kier alpha value is -1.61. The molecule has 0 aromatic heterocycles. The average Bonchev–Trinajstić information content (AvgIpc) is 2.05. The molecule has 0 atom stereocenters. The topological polar surface area (TPSA) is 68.9 Å². The van der Waals surface area contributed by atoms with E-state index in [9.17, 15) is 9.59 Å². The van der Waals surface area contributed by atoms with Crippen molar-refractivity contribution in [3.05, 3.63) is 11.1 Å². The Bertz CT molecular complexity index is 218. The maximum absolute atomic E-state index is 10.6. The predicted octanol–water partition coefficient (Wildman–Crippen LogP) is 0.00650. The zero-order valence-corrected chi connectivity index (χ0v) is 6.20. The first kappa shape index (κ1) is 9.39. The molecule has 0 bridgehead atoms.